The molecule has 1 fully saturated rings. The van der Waals surface area contributed by atoms with Crippen molar-refractivity contribution < 1.29 is 4.79 Å². The van der Waals surface area contributed by atoms with Crippen LogP contribution >= 0.6 is 0 Å². The van der Waals surface area contributed by atoms with Gasteiger partial charge in [-0.05, 0) is 37.1 Å². The number of rotatable bonds is 3. The molecule has 102 valence electrons. The first-order valence-electron chi connectivity index (χ1n) is 6.69. The largest absolute Gasteiger partial charge is 0.325 e. The van der Waals surface area contributed by atoms with Crippen molar-refractivity contribution in [2.24, 2.45) is 0 Å². The quantitative estimate of drug-likeness (QED) is 0.899. The van der Waals surface area contributed by atoms with Crippen LogP contribution in [0.1, 0.15) is 35.8 Å². The molecule has 0 aliphatic heterocycles. The van der Waals surface area contributed by atoms with Crippen LogP contribution in [0.3, 0.4) is 0 Å². The first kappa shape index (κ1) is 12.7. The van der Waals surface area contributed by atoms with Gasteiger partial charge in [0.25, 0.3) is 11.5 Å². The number of carbonyl (C=O) groups is 1. The Morgan fingerprint density at radius 3 is 2.45 bits per heavy atom. The molecule has 1 aromatic carbocycles. The molecule has 2 aromatic rings. The second-order valence-electron chi connectivity index (χ2n) is 5.50. The molecule has 0 spiro atoms. The third-order valence-electron chi connectivity index (χ3n) is 3.84. The summed E-state index contributed by atoms with van der Waals surface area (Å²) in [5.74, 6) is -0.384. The van der Waals surface area contributed by atoms with Gasteiger partial charge in [-0.1, -0.05) is 25.1 Å². The molecular weight excluding hydrogens is 252 g/mol. The van der Waals surface area contributed by atoms with Crippen LogP contribution < -0.4 is 10.9 Å². The number of benzene rings is 1. The zero-order valence-electron chi connectivity index (χ0n) is 11.3. The Morgan fingerprint density at radius 2 is 1.85 bits per heavy atom. The first-order valence-corrected chi connectivity index (χ1v) is 6.69. The highest BCUT2D eigenvalue weighted by Gasteiger charge is 2.40. The van der Waals surface area contributed by atoms with Crippen LogP contribution in [0.25, 0.3) is 0 Å². The van der Waals surface area contributed by atoms with Gasteiger partial charge in [-0.25, -0.2) is 0 Å². The number of amides is 1. The van der Waals surface area contributed by atoms with E-state index in [2.05, 4.69) is 17.2 Å². The van der Waals surface area contributed by atoms with Crippen LogP contribution in [0.5, 0.6) is 0 Å². The summed E-state index contributed by atoms with van der Waals surface area (Å²) in [5, 5.41) is 2.71. The monoisotopic (exact) mass is 268 g/mol. The van der Waals surface area contributed by atoms with E-state index in [9.17, 15) is 9.59 Å². The number of aromatic amines is 1. The molecule has 4 nitrogen and oxygen atoms in total. The highest BCUT2D eigenvalue weighted by Crippen LogP contribution is 2.46. The van der Waals surface area contributed by atoms with Crippen molar-refractivity contribution in [3.05, 3.63) is 64.1 Å². The van der Waals surface area contributed by atoms with Crippen LogP contribution in [-0.2, 0) is 5.41 Å². The van der Waals surface area contributed by atoms with Gasteiger partial charge in [-0.3, -0.25) is 9.59 Å². The van der Waals surface area contributed by atoms with E-state index in [4.69, 9.17) is 0 Å². The minimum atomic E-state index is -0.384. The third-order valence-corrected chi connectivity index (χ3v) is 3.84. The molecule has 0 radical (unpaired) electrons. The Kier molecular flexibility index (Phi) is 2.93. The summed E-state index contributed by atoms with van der Waals surface area (Å²) >= 11 is 0. The average Bonchev–Trinajstić information content (AvgIpc) is 3.19. The summed E-state index contributed by atoms with van der Waals surface area (Å²) in [4.78, 5) is 26.9. The Morgan fingerprint density at radius 1 is 1.15 bits per heavy atom. The number of hydrogen-bond acceptors (Lipinski definition) is 2. The highest BCUT2D eigenvalue weighted by atomic mass is 16.2. The molecule has 0 atom stereocenters. The second-order valence-corrected chi connectivity index (χ2v) is 5.50. The lowest BCUT2D eigenvalue weighted by Gasteiger charge is -2.09. The molecule has 1 aromatic heterocycles. The SMILES string of the molecule is CC1(c2ccc(C(=O)Nc3ccccc3)c(=O)[nH]2)CC1. The van der Waals surface area contributed by atoms with E-state index in [0.717, 1.165) is 18.5 Å². The van der Waals surface area contributed by atoms with Gasteiger partial charge in [0.2, 0.25) is 0 Å². The molecule has 4 heteroatoms. The summed E-state index contributed by atoms with van der Waals surface area (Å²) in [6.07, 6.45) is 2.16. The smallest absolute Gasteiger partial charge is 0.261 e. The van der Waals surface area contributed by atoms with Crippen LogP contribution in [0.15, 0.2) is 47.3 Å². The predicted molar refractivity (Wildman–Crippen MR) is 78.0 cm³/mol. The molecule has 0 unspecified atom stereocenters. The maximum atomic E-state index is 12.1. The van der Waals surface area contributed by atoms with E-state index in [1.54, 1.807) is 18.2 Å². The molecule has 0 bridgehead atoms. The van der Waals surface area contributed by atoms with E-state index in [-0.39, 0.29) is 22.4 Å². The van der Waals surface area contributed by atoms with Crippen molar-refractivity contribution in [1.82, 2.24) is 4.98 Å². The fraction of sp³-hybridized carbons (Fsp3) is 0.250. The Balaban J connectivity index is 1.84. The van der Waals surface area contributed by atoms with Crippen LogP contribution in [0.2, 0.25) is 0 Å². The minimum Gasteiger partial charge on any atom is -0.325 e. The minimum absolute atomic E-state index is 0.0909. The number of anilines is 1. The maximum absolute atomic E-state index is 12.1. The molecule has 2 N–H and O–H groups in total. The Hall–Kier alpha value is -2.36. The first-order chi connectivity index (χ1) is 9.58. The molecule has 1 aliphatic carbocycles. The van der Waals surface area contributed by atoms with Crippen molar-refractivity contribution in [2.45, 2.75) is 25.2 Å². The van der Waals surface area contributed by atoms with Crippen molar-refractivity contribution in [3.8, 4) is 0 Å². The lowest BCUT2D eigenvalue weighted by atomic mass is 10.0. The van der Waals surface area contributed by atoms with Crippen LogP contribution in [0, 0.1) is 0 Å². The average molecular weight is 268 g/mol. The number of carbonyl (C=O) groups excluding carboxylic acids is 1. The topological polar surface area (TPSA) is 62.0 Å². The summed E-state index contributed by atoms with van der Waals surface area (Å²) in [6, 6.07) is 12.5. The summed E-state index contributed by atoms with van der Waals surface area (Å²) in [7, 11) is 0. The van der Waals surface area contributed by atoms with Crippen LogP contribution in [-0.4, -0.2) is 10.9 Å². The summed E-state index contributed by atoms with van der Waals surface area (Å²) in [5.41, 5.74) is 1.49. The van der Waals surface area contributed by atoms with Crippen molar-refractivity contribution in [3.63, 3.8) is 0 Å². The van der Waals surface area contributed by atoms with E-state index < -0.39 is 0 Å². The van der Waals surface area contributed by atoms with E-state index in [0.29, 0.717) is 5.69 Å². The number of para-hydroxylation sites is 1. The molecule has 1 aliphatic rings. The van der Waals surface area contributed by atoms with Gasteiger partial charge < -0.3 is 10.3 Å². The maximum Gasteiger partial charge on any atom is 0.261 e. The number of nitrogens with one attached hydrogen (secondary N) is 2. The molecule has 1 amide bonds. The Bertz CT molecular complexity index is 700. The second kappa shape index (κ2) is 4.63. The number of H-pyrrole nitrogens is 1. The van der Waals surface area contributed by atoms with Crippen molar-refractivity contribution >= 4 is 11.6 Å². The normalized spacial score (nSPS) is 15.7. The molecular formula is C16H16N2O2. The van der Waals surface area contributed by atoms with Gasteiger partial charge >= 0.3 is 0 Å². The summed E-state index contributed by atoms with van der Waals surface area (Å²) in [6.45, 7) is 2.11. The van der Waals surface area contributed by atoms with E-state index in [1.165, 1.54) is 0 Å². The summed E-state index contributed by atoms with van der Waals surface area (Å²) < 4.78 is 0. The Labute approximate surface area is 116 Å². The lowest BCUT2D eigenvalue weighted by molar-refractivity contribution is 0.102. The van der Waals surface area contributed by atoms with Gasteiger partial charge in [0.15, 0.2) is 0 Å². The fourth-order valence-corrected chi connectivity index (χ4v) is 2.18. The van der Waals surface area contributed by atoms with Gasteiger partial charge in [-0.2, -0.15) is 0 Å². The molecule has 1 saturated carbocycles. The van der Waals surface area contributed by atoms with E-state index in [1.807, 2.05) is 24.3 Å². The molecule has 0 saturated heterocycles. The molecule has 20 heavy (non-hydrogen) atoms. The predicted octanol–water partition coefficient (Wildman–Crippen LogP) is 2.68. The van der Waals surface area contributed by atoms with Crippen molar-refractivity contribution in [2.75, 3.05) is 5.32 Å². The zero-order valence-corrected chi connectivity index (χ0v) is 11.3. The van der Waals surface area contributed by atoms with E-state index >= 15 is 0 Å². The van der Waals surface area contributed by atoms with Gasteiger partial charge in [0.1, 0.15) is 5.56 Å². The number of pyridine rings is 1. The van der Waals surface area contributed by atoms with Crippen molar-refractivity contribution in [1.29, 1.82) is 0 Å². The van der Waals surface area contributed by atoms with Gasteiger partial charge in [-0.15, -0.1) is 0 Å². The van der Waals surface area contributed by atoms with Gasteiger partial charge in [0.05, 0.1) is 0 Å². The lowest BCUT2D eigenvalue weighted by Crippen LogP contribution is -2.25. The molecule has 1 heterocycles. The highest BCUT2D eigenvalue weighted by molar-refractivity contribution is 6.03. The number of aromatic nitrogens is 1. The molecule has 3 rings (SSSR count). The fourth-order valence-electron chi connectivity index (χ4n) is 2.18. The number of hydrogen-bond donors (Lipinski definition) is 2. The third kappa shape index (κ3) is 2.37. The standard InChI is InChI=1S/C16H16N2O2/c1-16(9-10-16)13-8-7-12(15(20)18-13)14(19)17-11-5-3-2-4-6-11/h2-8H,9-10H2,1H3,(H,17,19)(H,18,20). The van der Waals surface area contributed by atoms with Crippen LogP contribution in [0.4, 0.5) is 5.69 Å². The zero-order chi connectivity index (χ0) is 14.2. The van der Waals surface area contributed by atoms with Gasteiger partial charge in [0, 0.05) is 16.8 Å².